The first-order valence-corrected chi connectivity index (χ1v) is 10.2. The summed E-state index contributed by atoms with van der Waals surface area (Å²) in [5.74, 6) is 1.08. The molecule has 1 N–H and O–H groups in total. The Morgan fingerprint density at radius 3 is 2.61 bits per heavy atom. The van der Waals surface area contributed by atoms with Gasteiger partial charge in [0.05, 0.1) is 29.6 Å². The standard InChI is InChI=1S/C23H29N3O2/c1-23(2,3)28-18-12-10-16(11-13-18)22(27)26-15-17-7-6-14-24-21(17)25-19-8-4-5-9-20(19)26/h4-9,14,16,18H,10-13,15H2,1-3H3,(H,24,25). The molecule has 148 valence electrons. The predicted molar refractivity (Wildman–Crippen MR) is 112 cm³/mol. The number of aromatic nitrogens is 1. The molecule has 2 aliphatic rings. The lowest BCUT2D eigenvalue weighted by Gasteiger charge is -2.35. The maximum Gasteiger partial charge on any atom is 0.230 e. The fourth-order valence-corrected chi connectivity index (χ4v) is 4.22. The minimum Gasteiger partial charge on any atom is -0.373 e. The number of nitrogens with one attached hydrogen (secondary N) is 1. The van der Waals surface area contributed by atoms with E-state index < -0.39 is 0 Å². The molecule has 1 fully saturated rings. The average molecular weight is 380 g/mol. The monoisotopic (exact) mass is 379 g/mol. The van der Waals surface area contributed by atoms with Crippen molar-refractivity contribution in [2.45, 2.75) is 64.7 Å². The Kier molecular flexibility index (Phi) is 5.11. The van der Waals surface area contributed by atoms with Gasteiger partial charge in [0.2, 0.25) is 5.91 Å². The fraction of sp³-hybridized carbons (Fsp3) is 0.478. The first-order valence-electron chi connectivity index (χ1n) is 10.2. The first-order chi connectivity index (χ1) is 13.4. The summed E-state index contributed by atoms with van der Waals surface area (Å²) in [5.41, 5.74) is 2.77. The summed E-state index contributed by atoms with van der Waals surface area (Å²) in [6.07, 6.45) is 5.69. The number of benzene rings is 1. The van der Waals surface area contributed by atoms with E-state index in [9.17, 15) is 4.79 Å². The van der Waals surface area contributed by atoms with Crippen LogP contribution in [0.15, 0.2) is 42.6 Å². The van der Waals surface area contributed by atoms with Crippen LogP contribution in [0.5, 0.6) is 0 Å². The van der Waals surface area contributed by atoms with E-state index in [4.69, 9.17) is 4.74 Å². The van der Waals surface area contributed by atoms with Gasteiger partial charge in [0.1, 0.15) is 5.82 Å². The van der Waals surface area contributed by atoms with E-state index in [-0.39, 0.29) is 23.5 Å². The average Bonchev–Trinajstić information content (AvgIpc) is 2.83. The molecular formula is C23H29N3O2. The number of ether oxygens (including phenoxy) is 1. The third-order valence-corrected chi connectivity index (χ3v) is 5.48. The second kappa shape index (κ2) is 7.55. The van der Waals surface area contributed by atoms with Gasteiger partial charge in [0.25, 0.3) is 0 Å². The second-order valence-corrected chi connectivity index (χ2v) is 8.78. The van der Waals surface area contributed by atoms with Crippen molar-refractivity contribution in [1.29, 1.82) is 0 Å². The zero-order chi connectivity index (χ0) is 19.7. The molecule has 5 nitrogen and oxygen atoms in total. The van der Waals surface area contributed by atoms with E-state index in [0.29, 0.717) is 6.54 Å². The van der Waals surface area contributed by atoms with Crippen LogP contribution in [0.2, 0.25) is 0 Å². The van der Waals surface area contributed by atoms with Crippen LogP contribution in [0.25, 0.3) is 0 Å². The van der Waals surface area contributed by atoms with Gasteiger partial charge in [0.15, 0.2) is 0 Å². The van der Waals surface area contributed by atoms with Crippen molar-refractivity contribution in [3.63, 3.8) is 0 Å². The number of carbonyl (C=O) groups excluding carboxylic acids is 1. The number of hydrogen-bond acceptors (Lipinski definition) is 4. The first kappa shape index (κ1) is 18.9. The van der Waals surface area contributed by atoms with Crippen LogP contribution in [0.4, 0.5) is 17.2 Å². The molecule has 28 heavy (non-hydrogen) atoms. The van der Waals surface area contributed by atoms with Gasteiger partial charge in [-0.15, -0.1) is 0 Å². The number of anilines is 3. The molecule has 0 atom stereocenters. The molecule has 1 aromatic heterocycles. The minimum atomic E-state index is -0.131. The van der Waals surface area contributed by atoms with Gasteiger partial charge in [-0.2, -0.15) is 0 Å². The van der Waals surface area contributed by atoms with Gasteiger partial charge in [-0.1, -0.05) is 18.2 Å². The number of hydrogen-bond donors (Lipinski definition) is 1. The SMILES string of the molecule is CC(C)(C)OC1CCC(C(=O)N2Cc3cccnc3Nc3ccccc32)CC1. The molecular weight excluding hydrogens is 350 g/mol. The lowest BCUT2D eigenvalue weighted by atomic mass is 9.86. The van der Waals surface area contributed by atoms with Crippen molar-refractivity contribution in [2.75, 3.05) is 10.2 Å². The zero-order valence-corrected chi connectivity index (χ0v) is 16.9. The van der Waals surface area contributed by atoms with Crippen LogP contribution in [0, 0.1) is 5.92 Å². The third-order valence-electron chi connectivity index (χ3n) is 5.48. The second-order valence-electron chi connectivity index (χ2n) is 8.78. The Morgan fingerprint density at radius 1 is 1.11 bits per heavy atom. The highest BCUT2D eigenvalue weighted by molar-refractivity contribution is 5.99. The summed E-state index contributed by atoms with van der Waals surface area (Å²) in [6, 6.07) is 12.0. The van der Waals surface area contributed by atoms with Crippen molar-refractivity contribution in [2.24, 2.45) is 5.92 Å². The molecule has 0 spiro atoms. The van der Waals surface area contributed by atoms with Gasteiger partial charge in [-0.25, -0.2) is 4.98 Å². The molecule has 0 radical (unpaired) electrons. The molecule has 0 saturated heterocycles. The Hall–Kier alpha value is -2.40. The van der Waals surface area contributed by atoms with Crippen molar-refractivity contribution < 1.29 is 9.53 Å². The molecule has 0 unspecified atom stereocenters. The van der Waals surface area contributed by atoms with Crippen LogP contribution < -0.4 is 10.2 Å². The van der Waals surface area contributed by atoms with Crippen LogP contribution >= 0.6 is 0 Å². The normalized spacial score (nSPS) is 21.9. The van der Waals surface area contributed by atoms with Crippen molar-refractivity contribution in [1.82, 2.24) is 4.98 Å². The smallest absolute Gasteiger partial charge is 0.230 e. The number of nitrogens with zero attached hydrogens (tertiary/aromatic N) is 2. The van der Waals surface area contributed by atoms with Crippen LogP contribution in [-0.4, -0.2) is 22.6 Å². The molecule has 5 heteroatoms. The molecule has 1 saturated carbocycles. The molecule has 2 heterocycles. The molecule has 1 aromatic carbocycles. The Labute approximate surface area is 167 Å². The van der Waals surface area contributed by atoms with Crippen LogP contribution in [0.1, 0.15) is 52.0 Å². The summed E-state index contributed by atoms with van der Waals surface area (Å²) in [6.45, 7) is 6.83. The Balaban J connectivity index is 1.54. The van der Waals surface area contributed by atoms with Crippen molar-refractivity contribution in [3.8, 4) is 0 Å². The van der Waals surface area contributed by atoms with Gasteiger partial charge < -0.3 is 15.0 Å². The predicted octanol–water partition coefficient (Wildman–Crippen LogP) is 5.05. The quantitative estimate of drug-likeness (QED) is 0.794. The number of fused-ring (bicyclic) bond motifs is 2. The largest absolute Gasteiger partial charge is 0.373 e. The molecule has 4 rings (SSSR count). The van der Waals surface area contributed by atoms with Crippen LogP contribution in [-0.2, 0) is 16.1 Å². The number of pyridine rings is 1. The number of para-hydroxylation sites is 2. The summed E-state index contributed by atoms with van der Waals surface area (Å²) in [5, 5.41) is 3.40. The number of rotatable bonds is 2. The Morgan fingerprint density at radius 2 is 1.86 bits per heavy atom. The summed E-state index contributed by atoms with van der Waals surface area (Å²) in [4.78, 5) is 19.9. The zero-order valence-electron chi connectivity index (χ0n) is 16.9. The van der Waals surface area contributed by atoms with Gasteiger partial charge in [-0.3, -0.25) is 4.79 Å². The molecule has 1 aliphatic heterocycles. The van der Waals surface area contributed by atoms with E-state index >= 15 is 0 Å². The maximum absolute atomic E-state index is 13.5. The highest BCUT2D eigenvalue weighted by Crippen LogP contribution is 2.37. The lowest BCUT2D eigenvalue weighted by molar-refractivity contribution is -0.126. The summed E-state index contributed by atoms with van der Waals surface area (Å²) in [7, 11) is 0. The summed E-state index contributed by atoms with van der Waals surface area (Å²) < 4.78 is 6.13. The van der Waals surface area contributed by atoms with E-state index in [0.717, 1.165) is 48.4 Å². The fourth-order valence-electron chi connectivity index (χ4n) is 4.22. The van der Waals surface area contributed by atoms with Crippen LogP contribution in [0.3, 0.4) is 0 Å². The summed E-state index contributed by atoms with van der Waals surface area (Å²) >= 11 is 0. The topological polar surface area (TPSA) is 54.5 Å². The lowest BCUT2D eigenvalue weighted by Crippen LogP contribution is -2.39. The molecule has 1 amide bonds. The molecule has 1 aliphatic carbocycles. The minimum absolute atomic E-state index is 0.0473. The number of carbonyl (C=O) groups is 1. The van der Waals surface area contributed by atoms with Gasteiger partial charge >= 0.3 is 0 Å². The number of amides is 1. The highest BCUT2D eigenvalue weighted by Gasteiger charge is 2.33. The van der Waals surface area contributed by atoms with E-state index in [1.807, 2.05) is 41.3 Å². The third kappa shape index (κ3) is 4.04. The van der Waals surface area contributed by atoms with E-state index in [1.165, 1.54) is 0 Å². The van der Waals surface area contributed by atoms with Gasteiger partial charge in [0, 0.05) is 17.7 Å². The van der Waals surface area contributed by atoms with E-state index in [1.54, 1.807) is 6.20 Å². The molecule has 0 bridgehead atoms. The molecule has 2 aromatic rings. The maximum atomic E-state index is 13.5. The highest BCUT2D eigenvalue weighted by atomic mass is 16.5. The Bertz CT molecular complexity index is 851. The van der Waals surface area contributed by atoms with Crippen molar-refractivity contribution in [3.05, 3.63) is 48.2 Å². The van der Waals surface area contributed by atoms with Crippen molar-refractivity contribution >= 4 is 23.1 Å². The van der Waals surface area contributed by atoms with E-state index in [2.05, 4.69) is 31.1 Å². The van der Waals surface area contributed by atoms with Gasteiger partial charge in [-0.05, 0) is 64.7 Å².